The average molecular weight is 267 g/mol. The summed E-state index contributed by atoms with van der Waals surface area (Å²) >= 11 is 4.80. The molecule has 0 unspecified atom stereocenters. The van der Waals surface area contributed by atoms with E-state index < -0.39 is 37.3 Å². The van der Waals surface area contributed by atoms with Gasteiger partial charge in [0.1, 0.15) is 18.3 Å². The fraction of sp³-hybridized carbons (Fsp3) is 0.875. The van der Waals surface area contributed by atoms with Crippen molar-refractivity contribution in [1.29, 1.82) is 0 Å². The lowest BCUT2D eigenvalue weighted by atomic mass is 10.0. The average Bonchev–Trinajstić information content (AvgIpc) is 2.60. The van der Waals surface area contributed by atoms with Gasteiger partial charge in [-0.25, -0.2) is 0 Å². The molecule has 0 bridgehead atoms. The van der Waals surface area contributed by atoms with E-state index in [9.17, 15) is 15.3 Å². The molecule has 0 amide bonds. The molecule has 0 aromatic rings. The lowest BCUT2D eigenvalue weighted by Crippen LogP contribution is -2.63. The van der Waals surface area contributed by atoms with E-state index in [0.717, 1.165) is 0 Å². The molecule has 7 N–H and O–H groups in total. The van der Waals surface area contributed by atoms with Crippen LogP contribution in [-0.2, 0) is 4.74 Å². The van der Waals surface area contributed by atoms with Crippen LogP contribution >= 0.6 is 12.2 Å². The molecular weight excluding hydrogens is 250 g/mol. The fourth-order valence-electron chi connectivity index (χ4n) is 1.53. The Morgan fingerprint density at radius 1 is 1.41 bits per heavy atom. The van der Waals surface area contributed by atoms with Gasteiger partial charge >= 0.3 is 0 Å². The summed E-state index contributed by atoms with van der Waals surface area (Å²) in [6.07, 6.45) is -3.68. The van der Waals surface area contributed by atoms with Gasteiger partial charge in [-0.2, -0.15) is 5.43 Å². The van der Waals surface area contributed by atoms with Gasteiger partial charge in [0.2, 0.25) is 0 Å². The molecule has 9 heteroatoms. The van der Waals surface area contributed by atoms with Gasteiger partial charge in [0.05, 0.1) is 13.2 Å². The lowest BCUT2D eigenvalue weighted by molar-refractivity contribution is -0.142. The summed E-state index contributed by atoms with van der Waals surface area (Å²) in [5.74, 6) is 0. The topological polar surface area (TPSA) is 126 Å². The van der Waals surface area contributed by atoms with Crippen LogP contribution in [0.25, 0.3) is 0 Å². The van der Waals surface area contributed by atoms with Crippen molar-refractivity contribution in [3.05, 3.63) is 0 Å². The highest BCUT2D eigenvalue weighted by molar-refractivity contribution is 7.80. The van der Waals surface area contributed by atoms with Crippen molar-refractivity contribution in [3.63, 3.8) is 0 Å². The van der Waals surface area contributed by atoms with Crippen LogP contribution < -0.4 is 16.2 Å². The van der Waals surface area contributed by atoms with Gasteiger partial charge in [0.15, 0.2) is 10.8 Å². The van der Waals surface area contributed by atoms with Crippen LogP contribution in [0.3, 0.4) is 0 Å². The normalized spacial score (nSPS) is 36.9. The number of aliphatic hydroxyl groups excluding tert-OH is 4. The quantitative estimate of drug-likeness (QED) is 0.204. The predicted octanol–water partition coefficient (Wildman–Crippen LogP) is -3.61. The maximum atomic E-state index is 9.78. The monoisotopic (exact) mass is 267 g/mol. The molecule has 100 valence electrons. The Morgan fingerprint density at radius 3 is 2.47 bits per heavy atom. The Labute approximate surface area is 104 Å². The van der Waals surface area contributed by atoms with Crippen LogP contribution in [0.4, 0.5) is 0 Å². The minimum atomic E-state index is -1.62. The fourth-order valence-corrected chi connectivity index (χ4v) is 1.58. The molecule has 1 rings (SSSR count). The van der Waals surface area contributed by atoms with E-state index in [1.807, 2.05) is 0 Å². The van der Waals surface area contributed by atoms with Gasteiger partial charge in [-0.15, -0.1) is 0 Å². The molecule has 1 fully saturated rings. The smallest absolute Gasteiger partial charge is 0.187 e. The van der Waals surface area contributed by atoms with Crippen LogP contribution in [0.2, 0.25) is 0 Å². The van der Waals surface area contributed by atoms with Crippen LogP contribution in [0.15, 0.2) is 0 Å². The first-order valence-electron chi connectivity index (χ1n) is 5.01. The van der Waals surface area contributed by atoms with Crippen molar-refractivity contribution >= 4 is 17.3 Å². The first kappa shape index (κ1) is 14.5. The van der Waals surface area contributed by atoms with Crippen molar-refractivity contribution in [3.8, 4) is 0 Å². The molecule has 1 saturated heterocycles. The summed E-state index contributed by atoms with van der Waals surface area (Å²) in [6.45, 7) is -1.08. The summed E-state index contributed by atoms with van der Waals surface area (Å²) < 4.78 is 5.21. The predicted molar refractivity (Wildman–Crippen MR) is 61.7 cm³/mol. The minimum Gasteiger partial charge on any atom is -0.394 e. The van der Waals surface area contributed by atoms with Crippen LogP contribution in [0.1, 0.15) is 0 Å². The van der Waals surface area contributed by atoms with E-state index in [2.05, 4.69) is 16.2 Å². The third kappa shape index (κ3) is 2.83. The zero-order chi connectivity index (χ0) is 13.1. The largest absolute Gasteiger partial charge is 0.394 e. The number of hydrazine groups is 1. The lowest BCUT2D eigenvalue weighted by Gasteiger charge is -2.31. The molecule has 0 aromatic heterocycles. The Hall–Kier alpha value is -0.550. The zero-order valence-corrected chi connectivity index (χ0v) is 10.1. The standard InChI is InChI=1S/C8H17N3O5S/c1-9-7(17)10-11-8(3-13)6(15)5(14)4(2-12)16-8/h4-6,11-15H,2-3H2,1H3,(H2,9,10,17)/t4-,5+,6+,8+/m0/s1. The zero-order valence-electron chi connectivity index (χ0n) is 9.25. The molecule has 0 aliphatic carbocycles. The number of ether oxygens (including phenoxy) is 1. The van der Waals surface area contributed by atoms with E-state index in [1.165, 1.54) is 0 Å². The van der Waals surface area contributed by atoms with Gasteiger partial charge in [-0.3, -0.25) is 5.43 Å². The Balaban J connectivity index is 2.71. The Kier molecular flexibility index (Phi) is 5.01. The van der Waals surface area contributed by atoms with Crippen LogP contribution in [0, 0.1) is 0 Å². The molecule has 8 nitrogen and oxygen atoms in total. The summed E-state index contributed by atoms with van der Waals surface area (Å²) in [4.78, 5) is 0. The highest BCUT2D eigenvalue weighted by atomic mass is 32.1. The number of nitrogens with one attached hydrogen (secondary N) is 3. The maximum Gasteiger partial charge on any atom is 0.187 e. The van der Waals surface area contributed by atoms with Crippen molar-refractivity contribution in [2.24, 2.45) is 0 Å². The van der Waals surface area contributed by atoms with Gasteiger partial charge in [-0.05, 0) is 12.2 Å². The third-order valence-electron chi connectivity index (χ3n) is 2.57. The minimum absolute atomic E-state index is 0.218. The van der Waals surface area contributed by atoms with E-state index in [4.69, 9.17) is 22.1 Å². The third-order valence-corrected chi connectivity index (χ3v) is 2.88. The SMILES string of the molecule is CNC(=S)NN[C@]1(CO)O[C@@H](CO)[C@@H](O)[C@H]1O. The Bertz CT molecular complexity index is 282. The van der Waals surface area contributed by atoms with Crippen molar-refractivity contribution in [2.75, 3.05) is 20.3 Å². The van der Waals surface area contributed by atoms with E-state index in [1.54, 1.807) is 7.05 Å². The summed E-state index contributed by atoms with van der Waals surface area (Å²) in [5, 5.41) is 40.4. The van der Waals surface area contributed by atoms with Crippen molar-refractivity contribution < 1.29 is 25.2 Å². The second-order valence-electron chi connectivity index (χ2n) is 3.65. The number of hydrogen-bond donors (Lipinski definition) is 7. The molecule has 4 atom stereocenters. The maximum absolute atomic E-state index is 9.78. The van der Waals surface area contributed by atoms with Gasteiger partial charge < -0.3 is 30.5 Å². The highest BCUT2D eigenvalue weighted by Gasteiger charge is 2.54. The molecule has 0 spiro atoms. The molecule has 0 aromatic carbocycles. The van der Waals surface area contributed by atoms with Gasteiger partial charge in [-0.1, -0.05) is 0 Å². The van der Waals surface area contributed by atoms with Crippen molar-refractivity contribution in [1.82, 2.24) is 16.2 Å². The summed E-state index contributed by atoms with van der Waals surface area (Å²) in [7, 11) is 1.58. The van der Waals surface area contributed by atoms with E-state index in [0.29, 0.717) is 0 Å². The molecule has 1 aliphatic rings. The van der Waals surface area contributed by atoms with Gasteiger partial charge in [0, 0.05) is 7.05 Å². The highest BCUT2D eigenvalue weighted by Crippen LogP contribution is 2.28. The number of thiocarbonyl (C=S) groups is 1. The first-order valence-corrected chi connectivity index (χ1v) is 5.42. The van der Waals surface area contributed by atoms with Crippen LogP contribution in [-0.4, -0.2) is 69.8 Å². The molecule has 0 radical (unpaired) electrons. The number of hydrogen-bond acceptors (Lipinski definition) is 7. The molecule has 1 aliphatic heterocycles. The second-order valence-corrected chi connectivity index (χ2v) is 4.06. The molecule has 0 saturated carbocycles. The van der Waals surface area contributed by atoms with E-state index in [-0.39, 0.29) is 5.11 Å². The van der Waals surface area contributed by atoms with Gasteiger partial charge in [0.25, 0.3) is 0 Å². The summed E-state index contributed by atoms with van der Waals surface area (Å²) in [6, 6.07) is 0. The first-order chi connectivity index (χ1) is 8.00. The van der Waals surface area contributed by atoms with Crippen molar-refractivity contribution in [2.45, 2.75) is 24.0 Å². The second kappa shape index (κ2) is 5.87. The number of rotatable bonds is 4. The molecule has 1 heterocycles. The summed E-state index contributed by atoms with van der Waals surface area (Å²) in [5.41, 5.74) is 3.37. The Morgan fingerprint density at radius 2 is 2.06 bits per heavy atom. The number of aliphatic hydroxyl groups is 4. The molecular formula is C8H17N3O5S. The molecule has 17 heavy (non-hydrogen) atoms. The van der Waals surface area contributed by atoms with E-state index >= 15 is 0 Å². The van der Waals surface area contributed by atoms with Crippen LogP contribution in [0.5, 0.6) is 0 Å².